The van der Waals surface area contributed by atoms with Crippen LogP contribution in [0.1, 0.15) is 42.6 Å². The molecule has 3 rings (SSSR count). The number of hydrogen-bond donors (Lipinski definition) is 2. The maximum atomic E-state index is 13.3. The molecule has 6 nitrogen and oxygen atoms in total. The number of nitrogens with one attached hydrogen (secondary N) is 1. The van der Waals surface area contributed by atoms with E-state index in [4.69, 9.17) is 0 Å². The molecule has 1 atom stereocenters. The van der Waals surface area contributed by atoms with Crippen molar-refractivity contribution in [1.82, 2.24) is 14.7 Å². The molecule has 7 heteroatoms. The monoisotopic (exact) mass is 360 g/mol. The van der Waals surface area contributed by atoms with Crippen molar-refractivity contribution in [3.05, 3.63) is 47.9 Å². The van der Waals surface area contributed by atoms with Crippen molar-refractivity contribution >= 4 is 11.7 Å². The minimum absolute atomic E-state index is 0.197. The molecule has 1 fully saturated rings. The minimum Gasteiger partial charge on any atom is -0.392 e. The van der Waals surface area contributed by atoms with Crippen molar-refractivity contribution in [3.63, 3.8) is 0 Å². The van der Waals surface area contributed by atoms with Gasteiger partial charge in [0.15, 0.2) is 0 Å². The van der Waals surface area contributed by atoms with Gasteiger partial charge in [-0.05, 0) is 37.5 Å². The Labute approximate surface area is 152 Å². The number of carbonyl (C=O) groups excluding carboxylic acids is 1. The van der Waals surface area contributed by atoms with Crippen LogP contribution in [0.15, 0.2) is 36.5 Å². The highest BCUT2D eigenvalue weighted by molar-refractivity contribution is 6.03. The molecular formula is C19H25FN4O2. The molecule has 1 aliphatic rings. The maximum absolute atomic E-state index is 13.3. The Kier molecular flexibility index (Phi) is 6.00. The predicted octanol–water partition coefficient (Wildman–Crippen LogP) is 2.68. The average Bonchev–Trinajstić information content (AvgIpc) is 3.10. The Hall–Kier alpha value is -2.25. The summed E-state index contributed by atoms with van der Waals surface area (Å²) in [6.45, 7) is 4.46. The van der Waals surface area contributed by atoms with Crippen LogP contribution < -0.4 is 5.32 Å². The van der Waals surface area contributed by atoms with Gasteiger partial charge >= 0.3 is 0 Å². The molecule has 2 aromatic rings. The van der Waals surface area contributed by atoms with Gasteiger partial charge in [0.2, 0.25) is 0 Å². The van der Waals surface area contributed by atoms with Gasteiger partial charge in [-0.3, -0.25) is 4.79 Å². The van der Waals surface area contributed by atoms with E-state index in [1.807, 2.05) is 11.6 Å². The van der Waals surface area contributed by atoms with Crippen molar-refractivity contribution in [3.8, 4) is 0 Å². The quantitative estimate of drug-likeness (QED) is 0.831. The molecule has 0 bridgehead atoms. The number of hydrogen-bond acceptors (Lipinski definition) is 4. The SMILES string of the molecule is CCC(O)CN1CCC(n2nccc2NC(=O)c2cccc(F)c2)CC1. The van der Waals surface area contributed by atoms with Crippen LogP contribution in [0.5, 0.6) is 0 Å². The van der Waals surface area contributed by atoms with Gasteiger partial charge in [-0.15, -0.1) is 0 Å². The first kappa shape index (κ1) is 18.5. The van der Waals surface area contributed by atoms with Gasteiger partial charge in [0.05, 0.1) is 18.3 Å². The summed E-state index contributed by atoms with van der Waals surface area (Å²) in [5.41, 5.74) is 0.279. The highest BCUT2D eigenvalue weighted by Gasteiger charge is 2.24. The van der Waals surface area contributed by atoms with Crippen LogP contribution in [0.3, 0.4) is 0 Å². The van der Waals surface area contributed by atoms with Gasteiger partial charge < -0.3 is 15.3 Å². The van der Waals surface area contributed by atoms with Crippen LogP contribution in [0.25, 0.3) is 0 Å². The second-order valence-electron chi connectivity index (χ2n) is 6.72. The lowest BCUT2D eigenvalue weighted by molar-refractivity contribution is 0.0867. The zero-order chi connectivity index (χ0) is 18.5. The second-order valence-corrected chi connectivity index (χ2v) is 6.72. The Balaban J connectivity index is 1.61. The molecule has 1 amide bonds. The average molecular weight is 360 g/mol. The number of aromatic nitrogens is 2. The number of nitrogens with zero attached hydrogens (tertiary/aromatic N) is 3. The lowest BCUT2D eigenvalue weighted by Gasteiger charge is -2.33. The molecule has 0 saturated carbocycles. The van der Waals surface area contributed by atoms with E-state index >= 15 is 0 Å². The molecule has 0 radical (unpaired) electrons. The lowest BCUT2D eigenvalue weighted by Crippen LogP contribution is -2.39. The normalized spacial score (nSPS) is 17.2. The molecule has 2 N–H and O–H groups in total. The van der Waals surface area contributed by atoms with Crippen LogP contribution in [0, 0.1) is 5.82 Å². The molecule has 1 saturated heterocycles. The smallest absolute Gasteiger partial charge is 0.256 e. The predicted molar refractivity (Wildman–Crippen MR) is 97.6 cm³/mol. The summed E-state index contributed by atoms with van der Waals surface area (Å²) in [6, 6.07) is 7.57. The van der Waals surface area contributed by atoms with Gasteiger partial charge in [0.25, 0.3) is 5.91 Å². The summed E-state index contributed by atoms with van der Waals surface area (Å²) >= 11 is 0. The number of aliphatic hydroxyl groups is 1. The molecule has 0 aliphatic carbocycles. The van der Waals surface area contributed by atoms with Crippen LogP contribution in [-0.2, 0) is 0 Å². The standard InChI is InChI=1S/C19H25FN4O2/c1-2-17(25)13-23-10-7-16(8-11-23)24-18(6-9-21-24)22-19(26)14-4-3-5-15(20)12-14/h3-6,9,12,16-17,25H,2,7-8,10-11,13H2,1H3,(H,22,26). The third-order valence-electron chi connectivity index (χ3n) is 4.84. The lowest BCUT2D eigenvalue weighted by atomic mass is 10.0. The van der Waals surface area contributed by atoms with Gasteiger partial charge in [-0.2, -0.15) is 5.10 Å². The van der Waals surface area contributed by atoms with E-state index in [1.54, 1.807) is 18.3 Å². The van der Waals surface area contributed by atoms with Crippen LogP contribution >= 0.6 is 0 Å². The summed E-state index contributed by atoms with van der Waals surface area (Å²) in [5.74, 6) is -0.172. The largest absolute Gasteiger partial charge is 0.392 e. The van der Waals surface area contributed by atoms with Crippen molar-refractivity contribution in [2.24, 2.45) is 0 Å². The van der Waals surface area contributed by atoms with E-state index in [9.17, 15) is 14.3 Å². The Morgan fingerprint density at radius 3 is 2.85 bits per heavy atom. The molecule has 26 heavy (non-hydrogen) atoms. The first-order chi connectivity index (χ1) is 12.6. The second kappa shape index (κ2) is 8.42. The number of benzene rings is 1. The summed E-state index contributed by atoms with van der Waals surface area (Å²) in [6.07, 6.45) is 3.95. The molecule has 0 spiro atoms. The molecule has 2 heterocycles. The first-order valence-corrected chi connectivity index (χ1v) is 9.07. The number of piperidine rings is 1. The first-order valence-electron chi connectivity index (χ1n) is 9.07. The number of carbonyl (C=O) groups is 1. The summed E-state index contributed by atoms with van der Waals surface area (Å²) in [5, 5.41) is 17.0. The number of likely N-dealkylation sites (tertiary alicyclic amines) is 1. The number of β-amino-alcohol motifs (C(OH)–C–C–N with tert-alkyl or cyclic N) is 1. The maximum Gasteiger partial charge on any atom is 0.256 e. The van der Waals surface area contributed by atoms with Crippen molar-refractivity contribution in [2.45, 2.75) is 38.3 Å². The molecular weight excluding hydrogens is 335 g/mol. The molecule has 1 unspecified atom stereocenters. The zero-order valence-corrected chi connectivity index (χ0v) is 14.9. The topological polar surface area (TPSA) is 70.4 Å². The van der Waals surface area contributed by atoms with E-state index < -0.39 is 5.82 Å². The fraction of sp³-hybridized carbons (Fsp3) is 0.474. The molecule has 1 aliphatic heterocycles. The fourth-order valence-electron chi connectivity index (χ4n) is 3.30. The van der Waals surface area contributed by atoms with Crippen LogP contribution in [-0.4, -0.2) is 51.4 Å². The number of anilines is 1. The van der Waals surface area contributed by atoms with Gasteiger partial charge in [0.1, 0.15) is 11.6 Å². The number of halogens is 1. The number of rotatable bonds is 6. The Morgan fingerprint density at radius 2 is 2.15 bits per heavy atom. The molecule has 140 valence electrons. The fourth-order valence-corrected chi connectivity index (χ4v) is 3.30. The van der Waals surface area contributed by atoms with Gasteiger partial charge in [0, 0.05) is 31.3 Å². The Morgan fingerprint density at radius 1 is 1.38 bits per heavy atom. The van der Waals surface area contributed by atoms with Crippen LogP contribution in [0.4, 0.5) is 10.2 Å². The molecule has 1 aromatic carbocycles. The van der Waals surface area contributed by atoms with E-state index in [-0.39, 0.29) is 23.6 Å². The summed E-state index contributed by atoms with van der Waals surface area (Å²) in [7, 11) is 0. The van der Waals surface area contributed by atoms with Crippen molar-refractivity contribution in [2.75, 3.05) is 25.0 Å². The van der Waals surface area contributed by atoms with Crippen LogP contribution in [0.2, 0.25) is 0 Å². The zero-order valence-electron chi connectivity index (χ0n) is 14.9. The summed E-state index contributed by atoms with van der Waals surface area (Å²) in [4.78, 5) is 14.6. The van der Waals surface area contributed by atoms with E-state index in [0.29, 0.717) is 12.4 Å². The minimum atomic E-state index is -0.437. The van der Waals surface area contributed by atoms with Crippen molar-refractivity contribution in [1.29, 1.82) is 0 Å². The molecule has 1 aromatic heterocycles. The Bertz CT molecular complexity index is 741. The highest BCUT2D eigenvalue weighted by Crippen LogP contribution is 2.25. The van der Waals surface area contributed by atoms with E-state index in [1.165, 1.54) is 18.2 Å². The van der Waals surface area contributed by atoms with E-state index in [0.717, 1.165) is 32.4 Å². The highest BCUT2D eigenvalue weighted by atomic mass is 19.1. The van der Waals surface area contributed by atoms with E-state index in [2.05, 4.69) is 15.3 Å². The summed E-state index contributed by atoms with van der Waals surface area (Å²) < 4.78 is 15.1. The van der Waals surface area contributed by atoms with Crippen molar-refractivity contribution < 1.29 is 14.3 Å². The van der Waals surface area contributed by atoms with Gasteiger partial charge in [-0.25, -0.2) is 9.07 Å². The van der Waals surface area contributed by atoms with Gasteiger partial charge in [-0.1, -0.05) is 13.0 Å². The number of aliphatic hydroxyl groups excluding tert-OH is 1. The number of amides is 1. The third kappa shape index (κ3) is 4.47. The third-order valence-corrected chi connectivity index (χ3v) is 4.84.